The van der Waals surface area contributed by atoms with Crippen LogP contribution in [0.5, 0.6) is 0 Å². The van der Waals surface area contributed by atoms with E-state index < -0.39 is 0 Å². The SMILES string of the molecule is CCC(CCO)CNC(=O)c1cccc(C)c1Br. The lowest BCUT2D eigenvalue weighted by molar-refractivity contribution is 0.0942. The average Bonchev–Trinajstić information content (AvgIpc) is 2.37. The molecule has 1 atom stereocenters. The molecule has 0 fully saturated rings. The lowest BCUT2D eigenvalue weighted by atomic mass is 10.0. The van der Waals surface area contributed by atoms with Crippen LogP contribution < -0.4 is 5.32 Å². The molecule has 0 saturated heterocycles. The number of hydrogen-bond donors (Lipinski definition) is 2. The van der Waals surface area contributed by atoms with Crippen LogP contribution in [-0.2, 0) is 0 Å². The van der Waals surface area contributed by atoms with Gasteiger partial charge in [-0.3, -0.25) is 4.79 Å². The molecule has 0 bridgehead atoms. The molecule has 1 aromatic rings. The predicted octanol–water partition coefficient (Wildman–Crippen LogP) is 2.90. The maximum absolute atomic E-state index is 12.0. The second kappa shape index (κ2) is 7.54. The van der Waals surface area contributed by atoms with E-state index in [0.717, 1.165) is 22.9 Å². The quantitative estimate of drug-likeness (QED) is 0.848. The van der Waals surface area contributed by atoms with E-state index in [-0.39, 0.29) is 12.5 Å². The minimum atomic E-state index is -0.0676. The molecule has 0 spiro atoms. The number of aliphatic hydroxyl groups is 1. The summed E-state index contributed by atoms with van der Waals surface area (Å²) >= 11 is 3.43. The summed E-state index contributed by atoms with van der Waals surface area (Å²) in [4.78, 5) is 12.0. The van der Waals surface area contributed by atoms with Crippen LogP contribution in [0.25, 0.3) is 0 Å². The van der Waals surface area contributed by atoms with Crippen LogP contribution in [0.2, 0.25) is 0 Å². The fourth-order valence-corrected chi connectivity index (χ4v) is 2.23. The van der Waals surface area contributed by atoms with Gasteiger partial charge in [0.15, 0.2) is 0 Å². The highest BCUT2D eigenvalue weighted by Gasteiger charge is 2.13. The van der Waals surface area contributed by atoms with Gasteiger partial charge in [0, 0.05) is 17.6 Å². The topological polar surface area (TPSA) is 49.3 Å². The summed E-state index contributed by atoms with van der Waals surface area (Å²) in [5, 5.41) is 11.8. The Morgan fingerprint density at radius 2 is 2.22 bits per heavy atom. The zero-order valence-electron chi connectivity index (χ0n) is 10.9. The lowest BCUT2D eigenvalue weighted by Gasteiger charge is -2.15. The first kappa shape index (κ1) is 15.2. The maximum Gasteiger partial charge on any atom is 0.252 e. The molecule has 4 heteroatoms. The first-order valence-electron chi connectivity index (χ1n) is 6.24. The van der Waals surface area contributed by atoms with Gasteiger partial charge in [-0.1, -0.05) is 25.5 Å². The van der Waals surface area contributed by atoms with Crippen LogP contribution in [0.3, 0.4) is 0 Å². The zero-order valence-corrected chi connectivity index (χ0v) is 12.5. The average molecular weight is 314 g/mol. The maximum atomic E-state index is 12.0. The highest BCUT2D eigenvalue weighted by atomic mass is 79.9. The van der Waals surface area contributed by atoms with Crippen molar-refractivity contribution in [1.82, 2.24) is 5.32 Å². The third-order valence-electron chi connectivity index (χ3n) is 3.10. The number of nitrogens with one attached hydrogen (secondary N) is 1. The molecule has 0 aromatic heterocycles. The molecule has 1 rings (SSSR count). The Bertz CT molecular complexity index is 407. The number of hydrogen-bond acceptors (Lipinski definition) is 2. The van der Waals surface area contributed by atoms with Crippen molar-refractivity contribution in [2.24, 2.45) is 5.92 Å². The molecule has 1 amide bonds. The van der Waals surface area contributed by atoms with Crippen LogP contribution >= 0.6 is 15.9 Å². The first-order chi connectivity index (χ1) is 8.60. The third kappa shape index (κ3) is 4.10. The van der Waals surface area contributed by atoms with Gasteiger partial charge in [-0.05, 0) is 46.8 Å². The van der Waals surface area contributed by atoms with E-state index in [0.29, 0.717) is 18.0 Å². The number of halogens is 1. The van der Waals surface area contributed by atoms with E-state index >= 15 is 0 Å². The fourth-order valence-electron chi connectivity index (χ4n) is 1.79. The van der Waals surface area contributed by atoms with Crippen LogP contribution in [0, 0.1) is 12.8 Å². The number of rotatable bonds is 6. The predicted molar refractivity (Wildman–Crippen MR) is 76.7 cm³/mol. The Balaban J connectivity index is 2.62. The number of benzene rings is 1. The van der Waals surface area contributed by atoms with Crippen LogP contribution in [-0.4, -0.2) is 24.2 Å². The van der Waals surface area contributed by atoms with E-state index in [9.17, 15) is 4.79 Å². The Morgan fingerprint density at radius 1 is 1.50 bits per heavy atom. The van der Waals surface area contributed by atoms with Gasteiger partial charge in [-0.15, -0.1) is 0 Å². The zero-order chi connectivity index (χ0) is 13.5. The summed E-state index contributed by atoms with van der Waals surface area (Å²) in [6.45, 7) is 4.80. The van der Waals surface area contributed by atoms with Gasteiger partial charge in [-0.2, -0.15) is 0 Å². The van der Waals surface area contributed by atoms with Crippen LogP contribution in [0.15, 0.2) is 22.7 Å². The molecule has 1 unspecified atom stereocenters. The van der Waals surface area contributed by atoms with Crippen molar-refractivity contribution >= 4 is 21.8 Å². The van der Waals surface area contributed by atoms with E-state index in [1.807, 2.05) is 19.1 Å². The molecule has 3 nitrogen and oxygen atoms in total. The van der Waals surface area contributed by atoms with E-state index in [4.69, 9.17) is 5.11 Å². The summed E-state index contributed by atoms with van der Waals surface area (Å²) in [7, 11) is 0. The standard InChI is InChI=1S/C14H20BrNO2/c1-3-11(7-8-17)9-16-14(18)12-6-4-5-10(2)13(12)15/h4-6,11,17H,3,7-9H2,1-2H3,(H,16,18). The molecule has 0 aliphatic rings. The van der Waals surface area contributed by atoms with Crippen molar-refractivity contribution < 1.29 is 9.90 Å². The monoisotopic (exact) mass is 313 g/mol. The van der Waals surface area contributed by atoms with Gasteiger partial charge in [0.25, 0.3) is 5.91 Å². The molecule has 0 radical (unpaired) electrons. The molecule has 2 N–H and O–H groups in total. The molecule has 18 heavy (non-hydrogen) atoms. The molecule has 0 aliphatic heterocycles. The second-order valence-electron chi connectivity index (χ2n) is 4.43. The number of aliphatic hydroxyl groups excluding tert-OH is 1. The lowest BCUT2D eigenvalue weighted by Crippen LogP contribution is -2.29. The van der Waals surface area contributed by atoms with E-state index in [1.165, 1.54) is 0 Å². The summed E-state index contributed by atoms with van der Waals surface area (Å²) in [6.07, 6.45) is 1.68. The van der Waals surface area contributed by atoms with Gasteiger partial charge in [0.1, 0.15) is 0 Å². The largest absolute Gasteiger partial charge is 0.396 e. The molecule has 100 valence electrons. The highest BCUT2D eigenvalue weighted by molar-refractivity contribution is 9.10. The molecule has 0 saturated carbocycles. The summed E-state index contributed by atoms with van der Waals surface area (Å²) in [5.74, 6) is 0.268. The Labute approximate surface area is 117 Å². The molecular formula is C14H20BrNO2. The minimum absolute atomic E-state index is 0.0676. The van der Waals surface area contributed by atoms with Gasteiger partial charge < -0.3 is 10.4 Å². The summed E-state index contributed by atoms with van der Waals surface area (Å²) in [5.41, 5.74) is 1.71. The molecule has 0 heterocycles. The number of carbonyl (C=O) groups excluding carboxylic acids is 1. The number of amides is 1. The number of carbonyl (C=O) groups is 1. The van der Waals surface area contributed by atoms with E-state index in [1.54, 1.807) is 6.07 Å². The van der Waals surface area contributed by atoms with Gasteiger partial charge in [-0.25, -0.2) is 0 Å². The van der Waals surface area contributed by atoms with Crippen molar-refractivity contribution in [1.29, 1.82) is 0 Å². The minimum Gasteiger partial charge on any atom is -0.396 e. The Morgan fingerprint density at radius 3 is 2.83 bits per heavy atom. The first-order valence-corrected chi connectivity index (χ1v) is 7.03. The normalized spacial score (nSPS) is 12.2. The fraction of sp³-hybridized carbons (Fsp3) is 0.500. The molecular weight excluding hydrogens is 294 g/mol. The third-order valence-corrected chi connectivity index (χ3v) is 4.16. The molecule has 1 aromatic carbocycles. The highest BCUT2D eigenvalue weighted by Crippen LogP contribution is 2.21. The molecule has 0 aliphatic carbocycles. The van der Waals surface area contributed by atoms with Crippen molar-refractivity contribution in [3.63, 3.8) is 0 Å². The Hall–Kier alpha value is -0.870. The van der Waals surface area contributed by atoms with Crippen LogP contribution in [0.4, 0.5) is 0 Å². The van der Waals surface area contributed by atoms with Crippen molar-refractivity contribution in [3.8, 4) is 0 Å². The van der Waals surface area contributed by atoms with Crippen molar-refractivity contribution in [3.05, 3.63) is 33.8 Å². The Kier molecular flexibility index (Phi) is 6.36. The van der Waals surface area contributed by atoms with Gasteiger partial charge in [0.05, 0.1) is 5.56 Å². The van der Waals surface area contributed by atoms with Crippen molar-refractivity contribution in [2.45, 2.75) is 26.7 Å². The van der Waals surface area contributed by atoms with Crippen molar-refractivity contribution in [2.75, 3.05) is 13.2 Å². The van der Waals surface area contributed by atoms with Gasteiger partial charge in [0.2, 0.25) is 0 Å². The van der Waals surface area contributed by atoms with Crippen LogP contribution in [0.1, 0.15) is 35.7 Å². The smallest absolute Gasteiger partial charge is 0.252 e. The summed E-state index contributed by atoms with van der Waals surface area (Å²) < 4.78 is 0.845. The summed E-state index contributed by atoms with van der Waals surface area (Å²) in [6, 6.07) is 5.64. The number of aryl methyl sites for hydroxylation is 1. The van der Waals surface area contributed by atoms with E-state index in [2.05, 4.69) is 28.2 Å². The second-order valence-corrected chi connectivity index (χ2v) is 5.23. The van der Waals surface area contributed by atoms with Gasteiger partial charge >= 0.3 is 0 Å².